The van der Waals surface area contributed by atoms with Crippen LogP contribution < -0.4 is 20.2 Å². The van der Waals surface area contributed by atoms with Gasteiger partial charge in [0.05, 0.1) is 18.1 Å². The maximum absolute atomic E-state index is 13.0. The van der Waals surface area contributed by atoms with Crippen LogP contribution >= 0.6 is 23.1 Å². The van der Waals surface area contributed by atoms with Crippen molar-refractivity contribution in [2.24, 2.45) is 5.92 Å². The van der Waals surface area contributed by atoms with Gasteiger partial charge in [-0.25, -0.2) is 0 Å². The Morgan fingerprint density at radius 1 is 1.15 bits per heavy atom. The van der Waals surface area contributed by atoms with Crippen molar-refractivity contribution in [3.05, 3.63) is 68.6 Å². The van der Waals surface area contributed by atoms with E-state index in [0.29, 0.717) is 21.2 Å². The van der Waals surface area contributed by atoms with E-state index in [-0.39, 0.29) is 28.8 Å². The highest BCUT2D eigenvalue weighted by Crippen LogP contribution is 2.52. The summed E-state index contributed by atoms with van der Waals surface area (Å²) in [5.74, 6) is -2.43. The summed E-state index contributed by atoms with van der Waals surface area (Å²) in [6.07, 6.45) is 0. The molecule has 0 saturated carbocycles. The molecule has 0 spiro atoms. The molecule has 3 heterocycles. The van der Waals surface area contributed by atoms with E-state index in [1.807, 2.05) is 6.07 Å². The summed E-state index contributed by atoms with van der Waals surface area (Å²) in [6, 6.07) is 13.6. The number of aromatic nitrogens is 1. The summed E-state index contributed by atoms with van der Waals surface area (Å²) >= 11 is 2.08. The number of thioether (sulfide) groups is 1. The first-order valence-corrected chi connectivity index (χ1v) is 12.0. The lowest BCUT2D eigenvalue weighted by atomic mass is 9.83. The first-order valence-electron chi connectivity index (χ1n) is 10.3. The van der Waals surface area contributed by atoms with Crippen molar-refractivity contribution in [3.63, 3.8) is 0 Å². The van der Waals surface area contributed by atoms with E-state index in [1.165, 1.54) is 17.7 Å². The molecule has 174 valence electrons. The zero-order chi connectivity index (χ0) is 24.0. The van der Waals surface area contributed by atoms with Crippen molar-refractivity contribution < 1.29 is 24.2 Å². The number of aromatic hydroxyl groups is 1. The largest absolute Gasteiger partial charge is 0.504 e. The summed E-state index contributed by atoms with van der Waals surface area (Å²) in [4.78, 5) is 51.2. The van der Waals surface area contributed by atoms with Crippen LogP contribution in [0.15, 0.2) is 58.4 Å². The maximum atomic E-state index is 13.0. The van der Waals surface area contributed by atoms with Crippen molar-refractivity contribution in [3.8, 4) is 11.5 Å². The quantitative estimate of drug-likeness (QED) is 0.461. The second kappa shape index (κ2) is 8.65. The third-order valence-electron chi connectivity index (χ3n) is 5.81. The van der Waals surface area contributed by atoms with E-state index in [1.54, 1.807) is 36.4 Å². The smallest absolute Gasteiger partial charge is 0.308 e. The number of carbonyl (C=O) groups excluding carboxylic acids is 3. The Morgan fingerprint density at radius 3 is 2.65 bits per heavy atom. The van der Waals surface area contributed by atoms with Gasteiger partial charge in [-0.1, -0.05) is 47.4 Å². The number of imide groups is 1. The van der Waals surface area contributed by atoms with Gasteiger partial charge in [-0.05, 0) is 29.8 Å². The minimum atomic E-state index is -0.748. The van der Waals surface area contributed by atoms with Gasteiger partial charge in [0.25, 0.3) is 0 Å². The van der Waals surface area contributed by atoms with E-state index >= 15 is 0 Å². The maximum Gasteiger partial charge on any atom is 0.308 e. The van der Waals surface area contributed by atoms with Crippen LogP contribution in [0.3, 0.4) is 0 Å². The molecule has 3 amide bonds. The number of benzene rings is 2. The van der Waals surface area contributed by atoms with E-state index in [9.17, 15) is 24.3 Å². The molecular formula is C23H19N3O6S2. The van der Waals surface area contributed by atoms with Crippen molar-refractivity contribution >= 4 is 46.5 Å². The molecule has 3 N–H and O–H groups in total. The number of thiazole rings is 1. The van der Waals surface area contributed by atoms with Gasteiger partial charge >= 0.3 is 4.87 Å². The summed E-state index contributed by atoms with van der Waals surface area (Å²) in [6.45, 7) is -0.231. The number of fused-ring (bicyclic) bond motifs is 2. The zero-order valence-electron chi connectivity index (χ0n) is 17.8. The number of carbonyl (C=O) groups is 3. The van der Waals surface area contributed by atoms with Gasteiger partial charge in [0.1, 0.15) is 11.8 Å². The van der Waals surface area contributed by atoms with Crippen molar-refractivity contribution in [2.45, 2.75) is 22.7 Å². The van der Waals surface area contributed by atoms with Crippen LogP contribution in [0.2, 0.25) is 0 Å². The third kappa shape index (κ3) is 3.76. The normalized spacial score (nSPS) is 20.9. The number of amides is 3. The molecule has 3 atom stereocenters. The molecule has 34 heavy (non-hydrogen) atoms. The molecule has 1 aromatic heterocycles. The number of hydrogen-bond acceptors (Lipinski definition) is 8. The highest BCUT2D eigenvalue weighted by Gasteiger charge is 2.53. The number of para-hydroxylation sites is 1. The summed E-state index contributed by atoms with van der Waals surface area (Å²) < 4.78 is 6.57. The van der Waals surface area contributed by atoms with Gasteiger partial charge in [0, 0.05) is 16.5 Å². The highest BCUT2D eigenvalue weighted by molar-refractivity contribution is 8.00. The number of methoxy groups -OCH3 is 1. The molecule has 1 fully saturated rings. The molecule has 2 aliphatic rings. The lowest BCUT2D eigenvalue weighted by Crippen LogP contribution is -2.32. The number of ether oxygens (including phenoxy) is 1. The third-order valence-corrected chi connectivity index (χ3v) is 8.43. The minimum absolute atomic E-state index is 0.0662. The number of anilines is 1. The molecule has 5 rings (SSSR count). The monoisotopic (exact) mass is 497 g/mol. The SMILES string of the molecule is COc1cc([C@@H]2c3sc(=O)n(CC(=O)Nc4ccccc4)c3S[C@@H]3C(=O)NC(=O)[C@H]23)ccc1O. The van der Waals surface area contributed by atoms with Crippen molar-refractivity contribution in [1.82, 2.24) is 9.88 Å². The van der Waals surface area contributed by atoms with Gasteiger partial charge in [0.15, 0.2) is 11.5 Å². The number of nitrogens with zero attached hydrogens (tertiary/aromatic N) is 1. The Hall–Kier alpha value is -3.57. The second-order valence-corrected chi connectivity index (χ2v) is 9.99. The van der Waals surface area contributed by atoms with Crippen LogP contribution in [0.25, 0.3) is 0 Å². The van der Waals surface area contributed by atoms with Crippen molar-refractivity contribution in [1.29, 1.82) is 0 Å². The number of phenols is 1. The lowest BCUT2D eigenvalue weighted by molar-refractivity contribution is -0.126. The van der Waals surface area contributed by atoms with E-state index in [2.05, 4.69) is 10.6 Å². The number of rotatable bonds is 5. The molecule has 0 unspecified atom stereocenters. The standard InChI is InChI=1S/C23H19N3O6S2/c1-32-14-9-11(7-8-13(14)27)16-17-18(21(30)25-20(17)29)33-22-19(16)34-23(31)26(22)10-15(28)24-12-5-3-2-4-6-12/h2-9,16-18,27H,10H2,1H3,(H,24,28)(H,25,29,30)/t16-,17+,18-/m0/s1. The molecular weight excluding hydrogens is 478 g/mol. The molecule has 0 aliphatic carbocycles. The average Bonchev–Trinajstić information content (AvgIpc) is 3.28. The Balaban J connectivity index is 1.57. The van der Waals surface area contributed by atoms with Gasteiger partial charge in [-0.15, -0.1) is 0 Å². The molecule has 0 radical (unpaired) electrons. The van der Waals surface area contributed by atoms with Crippen LogP contribution in [0.1, 0.15) is 16.4 Å². The Kier molecular flexibility index (Phi) is 5.66. The topological polar surface area (TPSA) is 127 Å². The number of nitrogens with one attached hydrogen (secondary N) is 2. The summed E-state index contributed by atoms with van der Waals surface area (Å²) in [5.41, 5.74) is 1.23. The van der Waals surface area contributed by atoms with Crippen molar-refractivity contribution in [2.75, 3.05) is 12.4 Å². The van der Waals surface area contributed by atoms with E-state index < -0.39 is 28.9 Å². The van der Waals surface area contributed by atoms with Crippen LogP contribution in [-0.4, -0.2) is 39.8 Å². The molecule has 3 aromatic rings. The molecule has 0 bridgehead atoms. The fourth-order valence-electron chi connectivity index (χ4n) is 4.29. The number of hydrogen-bond donors (Lipinski definition) is 3. The van der Waals surface area contributed by atoms with Gasteiger partial charge < -0.3 is 15.2 Å². The number of phenolic OH excluding ortho intramolecular Hbond substituents is 1. The second-order valence-electron chi connectivity index (χ2n) is 7.86. The summed E-state index contributed by atoms with van der Waals surface area (Å²) in [7, 11) is 1.41. The zero-order valence-corrected chi connectivity index (χ0v) is 19.4. The summed E-state index contributed by atoms with van der Waals surface area (Å²) in [5, 5.41) is 14.9. The molecule has 1 saturated heterocycles. The van der Waals surface area contributed by atoms with Gasteiger partial charge in [-0.3, -0.25) is 29.1 Å². The molecule has 11 heteroatoms. The first-order chi connectivity index (χ1) is 16.4. The predicted molar refractivity (Wildman–Crippen MR) is 126 cm³/mol. The molecule has 2 aliphatic heterocycles. The predicted octanol–water partition coefficient (Wildman–Crippen LogP) is 2.14. The minimum Gasteiger partial charge on any atom is -0.504 e. The van der Waals surface area contributed by atoms with Gasteiger partial charge in [0.2, 0.25) is 17.7 Å². The Morgan fingerprint density at radius 2 is 1.91 bits per heavy atom. The molecule has 2 aromatic carbocycles. The van der Waals surface area contributed by atoms with Crippen LogP contribution in [-0.2, 0) is 20.9 Å². The van der Waals surface area contributed by atoms with Crippen LogP contribution in [0, 0.1) is 5.92 Å². The first kappa shape index (κ1) is 22.2. The fourth-order valence-corrected chi connectivity index (χ4v) is 7.03. The molecule has 9 nitrogen and oxygen atoms in total. The average molecular weight is 498 g/mol. The lowest BCUT2D eigenvalue weighted by Gasteiger charge is -2.31. The van der Waals surface area contributed by atoms with Crippen LogP contribution in [0.5, 0.6) is 11.5 Å². The fraction of sp³-hybridized carbons (Fsp3) is 0.217. The van der Waals surface area contributed by atoms with Gasteiger partial charge in [-0.2, -0.15) is 0 Å². The van der Waals surface area contributed by atoms with E-state index in [4.69, 9.17) is 4.74 Å². The van der Waals surface area contributed by atoms with E-state index in [0.717, 1.165) is 23.1 Å². The highest BCUT2D eigenvalue weighted by atomic mass is 32.2. The Bertz CT molecular complexity index is 1370. The Labute approximate surface area is 201 Å². The van der Waals surface area contributed by atoms with Crippen LogP contribution in [0.4, 0.5) is 5.69 Å².